The molecule has 0 aliphatic heterocycles. The molecule has 0 aromatic carbocycles. The smallest absolute Gasteiger partial charge is 0.322 e. The molecule has 0 fully saturated rings. The van der Waals surface area contributed by atoms with Crippen molar-refractivity contribution < 1.29 is 9.53 Å². The Balaban J connectivity index is 2.58. The Morgan fingerprint density at radius 2 is 2.50 bits per heavy atom. The fourth-order valence-electron chi connectivity index (χ4n) is 1.37. The molecule has 0 aliphatic carbocycles. The Hall–Kier alpha value is -1.31. The average molecular weight is 237 g/mol. The first-order chi connectivity index (χ1) is 7.69. The van der Waals surface area contributed by atoms with Crippen LogP contribution in [0, 0.1) is 12.3 Å². The van der Waals surface area contributed by atoms with Crippen LogP contribution in [0.3, 0.4) is 0 Å². The third-order valence-corrected chi connectivity index (χ3v) is 2.93. The fraction of sp³-hybridized carbons (Fsp3) is 0.417. The monoisotopic (exact) mass is 237 g/mol. The van der Waals surface area contributed by atoms with Gasteiger partial charge in [0.25, 0.3) is 0 Å². The molecule has 16 heavy (non-hydrogen) atoms. The molecule has 1 aromatic rings. The van der Waals surface area contributed by atoms with E-state index in [1.54, 1.807) is 18.3 Å². The van der Waals surface area contributed by atoms with Crippen LogP contribution < -0.4 is 5.73 Å². The molecule has 2 N–H and O–H groups in total. The number of terminal acetylenes is 1. The number of thiophene rings is 1. The van der Waals surface area contributed by atoms with E-state index in [-0.39, 0.29) is 5.92 Å². The van der Waals surface area contributed by atoms with Crippen molar-refractivity contribution in [3.8, 4) is 12.3 Å². The highest BCUT2D eigenvalue weighted by Gasteiger charge is 2.20. The van der Waals surface area contributed by atoms with Gasteiger partial charge in [-0.2, -0.15) is 11.3 Å². The number of rotatable bonds is 5. The molecule has 4 heteroatoms. The first kappa shape index (κ1) is 12.8. The molecule has 1 aromatic heterocycles. The lowest BCUT2D eigenvalue weighted by Crippen LogP contribution is -2.33. The summed E-state index contributed by atoms with van der Waals surface area (Å²) in [6.45, 7) is 2.09. The van der Waals surface area contributed by atoms with Gasteiger partial charge in [-0.1, -0.05) is 5.92 Å². The molecule has 0 saturated carbocycles. The van der Waals surface area contributed by atoms with E-state index in [1.165, 1.54) is 0 Å². The Morgan fingerprint density at radius 1 is 1.75 bits per heavy atom. The van der Waals surface area contributed by atoms with Crippen molar-refractivity contribution >= 4 is 17.3 Å². The van der Waals surface area contributed by atoms with Crippen LogP contribution in [0.4, 0.5) is 0 Å². The summed E-state index contributed by atoms with van der Waals surface area (Å²) in [4.78, 5) is 11.4. The lowest BCUT2D eigenvalue weighted by molar-refractivity contribution is -0.144. The molecule has 1 heterocycles. The third kappa shape index (κ3) is 3.37. The van der Waals surface area contributed by atoms with Crippen LogP contribution in [-0.4, -0.2) is 18.6 Å². The Bertz CT molecular complexity index is 367. The summed E-state index contributed by atoms with van der Waals surface area (Å²) in [5, 5.41) is 3.93. The molecule has 0 aliphatic rings. The van der Waals surface area contributed by atoms with Gasteiger partial charge in [-0.25, -0.2) is 0 Å². The first-order valence-electron chi connectivity index (χ1n) is 5.09. The first-order valence-corrected chi connectivity index (χ1v) is 6.03. The molecule has 86 valence electrons. The number of carbonyl (C=O) groups excluding carboxylic acids is 1. The Morgan fingerprint density at radius 3 is 3.00 bits per heavy atom. The summed E-state index contributed by atoms with van der Waals surface area (Å²) < 4.78 is 4.84. The third-order valence-electron chi connectivity index (χ3n) is 2.23. The van der Waals surface area contributed by atoms with Crippen LogP contribution in [0.1, 0.15) is 24.8 Å². The summed E-state index contributed by atoms with van der Waals surface area (Å²) in [5.74, 6) is 2.14. The largest absolute Gasteiger partial charge is 0.465 e. The van der Waals surface area contributed by atoms with Gasteiger partial charge >= 0.3 is 5.97 Å². The summed E-state index contributed by atoms with van der Waals surface area (Å²) in [7, 11) is 0. The summed E-state index contributed by atoms with van der Waals surface area (Å²) in [6.07, 6.45) is 5.86. The van der Waals surface area contributed by atoms with Crippen molar-refractivity contribution in [2.24, 2.45) is 5.73 Å². The molecule has 0 amide bonds. The minimum Gasteiger partial charge on any atom is -0.465 e. The van der Waals surface area contributed by atoms with Crippen LogP contribution >= 0.6 is 11.3 Å². The number of carbonyl (C=O) groups is 1. The van der Waals surface area contributed by atoms with Gasteiger partial charge in [-0.05, 0) is 35.7 Å². The molecule has 0 unspecified atom stereocenters. The molecule has 0 bridgehead atoms. The van der Waals surface area contributed by atoms with Crippen molar-refractivity contribution in [1.29, 1.82) is 0 Å². The maximum Gasteiger partial charge on any atom is 0.322 e. The van der Waals surface area contributed by atoms with E-state index in [9.17, 15) is 4.79 Å². The quantitative estimate of drug-likeness (QED) is 0.627. The van der Waals surface area contributed by atoms with Crippen LogP contribution in [0.15, 0.2) is 16.8 Å². The second-order valence-electron chi connectivity index (χ2n) is 3.37. The number of esters is 1. The molecule has 2 atom stereocenters. The van der Waals surface area contributed by atoms with Gasteiger partial charge in [0.1, 0.15) is 6.04 Å². The molecule has 0 saturated heterocycles. The molecule has 0 spiro atoms. The lowest BCUT2D eigenvalue weighted by Gasteiger charge is -2.14. The summed E-state index contributed by atoms with van der Waals surface area (Å²) in [5.41, 5.74) is 6.75. The summed E-state index contributed by atoms with van der Waals surface area (Å²) in [6, 6.07) is 1.30. The van der Waals surface area contributed by atoms with Crippen molar-refractivity contribution in [3.63, 3.8) is 0 Å². The van der Waals surface area contributed by atoms with Gasteiger partial charge in [0.2, 0.25) is 0 Å². The molecular weight excluding hydrogens is 222 g/mol. The van der Waals surface area contributed by atoms with Gasteiger partial charge < -0.3 is 10.5 Å². The number of nitrogens with two attached hydrogens (primary N) is 1. The normalized spacial score (nSPS) is 13.8. The highest BCUT2D eigenvalue weighted by molar-refractivity contribution is 7.08. The SMILES string of the molecule is C#C[C@@H](C[C@@H](N)C(=O)OCC)c1ccsc1. The zero-order valence-corrected chi connectivity index (χ0v) is 10.00. The summed E-state index contributed by atoms with van der Waals surface area (Å²) >= 11 is 1.58. The zero-order valence-electron chi connectivity index (χ0n) is 9.18. The predicted octanol–water partition coefficient (Wildman–Crippen LogP) is 1.75. The molecule has 1 rings (SSSR count). The minimum atomic E-state index is -0.652. The van der Waals surface area contributed by atoms with E-state index in [0.29, 0.717) is 13.0 Å². The van der Waals surface area contributed by atoms with Crippen molar-refractivity contribution in [2.45, 2.75) is 25.3 Å². The highest BCUT2D eigenvalue weighted by atomic mass is 32.1. The topological polar surface area (TPSA) is 52.3 Å². The van der Waals surface area contributed by atoms with Crippen LogP contribution in [0.2, 0.25) is 0 Å². The standard InChI is InChI=1S/C12H15NO2S/c1-3-9(10-5-6-16-8-10)7-11(13)12(14)15-4-2/h1,5-6,8-9,11H,4,7,13H2,2H3/t9-,11+/m0/s1. The maximum absolute atomic E-state index is 11.4. The number of hydrogen-bond donors (Lipinski definition) is 1. The van der Waals surface area contributed by atoms with E-state index >= 15 is 0 Å². The van der Waals surface area contributed by atoms with Crippen molar-refractivity contribution in [2.75, 3.05) is 6.61 Å². The van der Waals surface area contributed by atoms with Crippen molar-refractivity contribution in [1.82, 2.24) is 0 Å². The van der Waals surface area contributed by atoms with Crippen LogP contribution in [0.25, 0.3) is 0 Å². The van der Waals surface area contributed by atoms with Crippen LogP contribution in [0.5, 0.6) is 0 Å². The highest BCUT2D eigenvalue weighted by Crippen LogP contribution is 2.22. The zero-order chi connectivity index (χ0) is 12.0. The fourth-order valence-corrected chi connectivity index (χ4v) is 2.09. The minimum absolute atomic E-state index is 0.120. The van der Waals surface area contributed by atoms with E-state index in [4.69, 9.17) is 16.9 Å². The second kappa shape index (κ2) is 6.31. The Labute approximate surface area is 99.6 Å². The van der Waals surface area contributed by atoms with Gasteiger partial charge in [0.05, 0.1) is 6.61 Å². The average Bonchev–Trinajstić information content (AvgIpc) is 2.79. The van der Waals surface area contributed by atoms with E-state index in [0.717, 1.165) is 5.56 Å². The van der Waals surface area contributed by atoms with Crippen molar-refractivity contribution in [3.05, 3.63) is 22.4 Å². The van der Waals surface area contributed by atoms with Crippen LogP contribution in [-0.2, 0) is 9.53 Å². The van der Waals surface area contributed by atoms with Gasteiger partial charge in [-0.3, -0.25) is 4.79 Å². The van der Waals surface area contributed by atoms with E-state index in [2.05, 4.69) is 5.92 Å². The predicted molar refractivity (Wildman–Crippen MR) is 65.1 cm³/mol. The molecule has 3 nitrogen and oxygen atoms in total. The van der Waals surface area contributed by atoms with Gasteiger partial charge in [-0.15, -0.1) is 6.42 Å². The lowest BCUT2D eigenvalue weighted by atomic mass is 9.95. The second-order valence-corrected chi connectivity index (χ2v) is 4.15. The number of ether oxygens (including phenoxy) is 1. The van der Waals surface area contributed by atoms with Gasteiger partial charge in [0.15, 0.2) is 0 Å². The van der Waals surface area contributed by atoms with Gasteiger partial charge in [0, 0.05) is 5.92 Å². The molecular formula is C12H15NO2S. The maximum atomic E-state index is 11.4. The Kier molecular flexibility index (Phi) is 5.03. The van der Waals surface area contributed by atoms with E-state index < -0.39 is 12.0 Å². The molecule has 0 radical (unpaired) electrons. The van der Waals surface area contributed by atoms with E-state index in [1.807, 2.05) is 16.8 Å². The number of hydrogen-bond acceptors (Lipinski definition) is 4.